The molecule has 3 aliphatic rings. The fourth-order valence-electron chi connectivity index (χ4n) is 3.96. The lowest BCUT2D eigenvalue weighted by atomic mass is 10.1. The van der Waals surface area contributed by atoms with Crippen molar-refractivity contribution in [3.8, 4) is 0 Å². The first-order valence-electron chi connectivity index (χ1n) is 10.2. The van der Waals surface area contributed by atoms with E-state index in [-0.39, 0.29) is 0 Å². The fraction of sp³-hybridized carbons (Fsp3) is 0.737. The van der Waals surface area contributed by atoms with Crippen LogP contribution in [-0.2, 0) is 9.59 Å². The molecule has 0 aromatic heterocycles. The van der Waals surface area contributed by atoms with Gasteiger partial charge in [0.1, 0.15) is 6.54 Å². The van der Waals surface area contributed by atoms with Crippen LogP contribution in [0.15, 0.2) is 4.99 Å². The second kappa shape index (κ2) is 8.28. The monoisotopic (exact) mass is 391 g/mol. The summed E-state index contributed by atoms with van der Waals surface area (Å²) in [6.45, 7) is 6.33. The summed E-state index contributed by atoms with van der Waals surface area (Å²) >= 11 is 0. The maximum absolute atomic E-state index is 13.2. The molecule has 0 aliphatic carbocycles. The van der Waals surface area contributed by atoms with Crippen LogP contribution in [0.1, 0.15) is 46.0 Å². The Kier molecular flexibility index (Phi) is 6.00. The number of amidine groups is 1. The molecule has 1 atom stereocenters. The molecule has 9 nitrogen and oxygen atoms in total. The van der Waals surface area contributed by atoms with Crippen molar-refractivity contribution in [3.63, 3.8) is 0 Å². The van der Waals surface area contributed by atoms with Gasteiger partial charge in [-0.1, -0.05) is 31.7 Å². The van der Waals surface area contributed by atoms with E-state index in [0.29, 0.717) is 18.3 Å². The third-order valence-corrected chi connectivity index (χ3v) is 5.54. The molecule has 0 radical (unpaired) electrons. The van der Waals surface area contributed by atoms with Gasteiger partial charge in [-0.15, -0.1) is 0 Å². The molecule has 1 unspecified atom stereocenters. The third-order valence-electron chi connectivity index (χ3n) is 5.54. The lowest BCUT2D eigenvalue weighted by Gasteiger charge is -2.34. The number of carbonyl (C=O) groups excluding carboxylic acids is 3. The van der Waals surface area contributed by atoms with Crippen molar-refractivity contribution in [3.05, 3.63) is 0 Å². The Hall–Kier alpha value is -2.45. The summed E-state index contributed by atoms with van der Waals surface area (Å²) in [6, 6.07) is -1.24. The number of guanidine groups is 1. The molecule has 9 heteroatoms. The minimum atomic E-state index is -0.709. The number of nitrogens with two attached hydrogens (primary N) is 1. The molecule has 2 N–H and O–H groups in total. The largest absolute Gasteiger partial charge is 0.392 e. The standard InChI is InChI=1S/C19H30N6O3/c1-13(2)8-11-24-15-16(21-18(24)23-9-6-4-5-7-10-23)22(3)19(28)25(17(15)27)12-14(20)26/h13,15H,4-12H2,1-3H3,(H-,20,26)/p+1. The van der Waals surface area contributed by atoms with Crippen molar-refractivity contribution in [1.29, 1.82) is 0 Å². The van der Waals surface area contributed by atoms with E-state index in [2.05, 4.69) is 18.4 Å². The SMILES string of the molecule is CC(C)CCN1C(=[N+]2CCCCCC2)N=C2C1C(=O)N(CC(N)=O)C(=O)N2C. The highest BCUT2D eigenvalue weighted by molar-refractivity contribution is 6.26. The summed E-state index contributed by atoms with van der Waals surface area (Å²) in [5.41, 5.74) is 5.26. The maximum Gasteiger partial charge on any atom is 0.392 e. The van der Waals surface area contributed by atoms with Gasteiger partial charge in [-0.3, -0.25) is 24.0 Å². The van der Waals surface area contributed by atoms with Crippen LogP contribution in [0.25, 0.3) is 0 Å². The zero-order chi connectivity index (χ0) is 20.4. The van der Waals surface area contributed by atoms with Crippen molar-refractivity contribution in [1.82, 2.24) is 14.7 Å². The summed E-state index contributed by atoms with van der Waals surface area (Å²) < 4.78 is 2.24. The van der Waals surface area contributed by atoms with Crippen LogP contribution >= 0.6 is 0 Å². The Morgan fingerprint density at radius 2 is 1.86 bits per heavy atom. The summed E-state index contributed by atoms with van der Waals surface area (Å²) in [4.78, 5) is 46.3. The van der Waals surface area contributed by atoms with Crippen molar-refractivity contribution in [2.45, 2.75) is 52.0 Å². The third kappa shape index (κ3) is 3.88. The van der Waals surface area contributed by atoms with Crippen LogP contribution in [0.5, 0.6) is 0 Å². The lowest BCUT2D eigenvalue weighted by molar-refractivity contribution is -0.531. The number of hydrogen-bond acceptors (Lipinski definition) is 3. The molecular weight excluding hydrogens is 360 g/mol. The Bertz CT molecular complexity index is 719. The molecule has 3 heterocycles. The second-order valence-corrected chi connectivity index (χ2v) is 8.18. The molecule has 2 fully saturated rings. The van der Waals surface area contributed by atoms with E-state index in [9.17, 15) is 14.4 Å². The van der Waals surface area contributed by atoms with Gasteiger partial charge in [-0.25, -0.2) is 9.69 Å². The molecular formula is C19H31N6O3+. The van der Waals surface area contributed by atoms with Gasteiger partial charge < -0.3 is 5.73 Å². The average Bonchev–Trinajstić information content (AvgIpc) is 2.81. The van der Waals surface area contributed by atoms with E-state index in [1.54, 1.807) is 7.05 Å². The Morgan fingerprint density at radius 3 is 2.43 bits per heavy atom. The molecule has 3 rings (SSSR count). The first-order valence-corrected chi connectivity index (χ1v) is 10.2. The normalized spacial score (nSPS) is 23.4. The van der Waals surface area contributed by atoms with Crippen LogP contribution in [0, 0.1) is 5.92 Å². The number of imide groups is 1. The van der Waals surface area contributed by atoms with Crippen molar-refractivity contribution in [2.75, 3.05) is 33.2 Å². The molecule has 3 aliphatic heterocycles. The zero-order valence-corrected chi connectivity index (χ0v) is 17.1. The Morgan fingerprint density at radius 1 is 1.21 bits per heavy atom. The molecule has 154 valence electrons. The number of nitrogens with zero attached hydrogens (tertiary/aromatic N) is 5. The zero-order valence-electron chi connectivity index (χ0n) is 17.1. The number of hydrogen-bond donors (Lipinski definition) is 1. The molecule has 4 amide bonds. The number of carbonyl (C=O) groups is 3. The van der Waals surface area contributed by atoms with E-state index in [1.807, 2.05) is 4.90 Å². The number of amides is 4. The van der Waals surface area contributed by atoms with Crippen LogP contribution in [-0.4, -0.2) is 88.2 Å². The Labute approximate surface area is 165 Å². The topological polar surface area (TPSA) is 102 Å². The summed E-state index contributed by atoms with van der Waals surface area (Å²) in [6.07, 6.45) is 5.47. The quantitative estimate of drug-likeness (QED) is 0.687. The highest BCUT2D eigenvalue weighted by atomic mass is 16.2. The number of primary amides is 1. The van der Waals surface area contributed by atoms with Gasteiger partial charge in [0.15, 0.2) is 0 Å². The van der Waals surface area contributed by atoms with Crippen LogP contribution in [0.2, 0.25) is 0 Å². The Balaban J connectivity index is 2.00. The minimum Gasteiger partial charge on any atom is -0.368 e. The van der Waals surface area contributed by atoms with Gasteiger partial charge in [-0.2, -0.15) is 0 Å². The predicted molar refractivity (Wildman–Crippen MR) is 105 cm³/mol. The van der Waals surface area contributed by atoms with Gasteiger partial charge in [-0.05, 0) is 25.2 Å². The number of urea groups is 1. The summed E-state index contributed by atoms with van der Waals surface area (Å²) in [5.74, 6) is 0.553. The van der Waals surface area contributed by atoms with Crippen molar-refractivity contribution in [2.24, 2.45) is 16.6 Å². The van der Waals surface area contributed by atoms with Crippen molar-refractivity contribution < 1.29 is 19.0 Å². The molecule has 0 spiro atoms. The van der Waals surface area contributed by atoms with E-state index in [0.717, 1.165) is 43.2 Å². The van der Waals surface area contributed by atoms with E-state index >= 15 is 0 Å². The molecule has 2 saturated heterocycles. The fourth-order valence-corrected chi connectivity index (χ4v) is 3.96. The van der Waals surface area contributed by atoms with Gasteiger partial charge >= 0.3 is 12.0 Å². The molecule has 0 aromatic rings. The van der Waals surface area contributed by atoms with Crippen LogP contribution < -0.4 is 5.73 Å². The molecule has 0 saturated carbocycles. The molecule has 0 aromatic carbocycles. The lowest BCUT2D eigenvalue weighted by Crippen LogP contribution is -2.65. The average molecular weight is 391 g/mol. The predicted octanol–water partition coefficient (Wildman–Crippen LogP) is 0.437. The minimum absolute atomic E-state index is 0.414. The summed E-state index contributed by atoms with van der Waals surface area (Å²) in [5, 5.41) is 0. The van der Waals surface area contributed by atoms with Gasteiger partial charge in [0.05, 0.1) is 19.6 Å². The second-order valence-electron chi connectivity index (χ2n) is 8.18. The van der Waals surface area contributed by atoms with Gasteiger partial charge in [0, 0.05) is 7.05 Å². The smallest absolute Gasteiger partial charge is 0.368 e. The highest BCUT2D eigenvalue weighted by Crippen LogP contribution is 2.25. The number of aliphatic imine (C=N–C) groups is 1. The van der Waals surface area contributed by atoms with Crippen LogP contribution in [0.4, 0.5) is 4.79 Å². The summed E-state index contributed by atoms with van der Waals surface area (Å²) in [7, 11) is 1.60. The number of rotatable bonds is 5. The van der Waals surface area contributed by atoms with E-state index < -0.39 is 30.4 Å². The first kappa shape index (κ1) is 20.3. The van der Waals surface area contributed by atoms with Crippen molar-refractivity contribution >= 4 is 29.6 Å². The van der Waals surface area contributed by atoms with Crippen LogP contribution in [0.3, 0.4) is 0 Å². The van der Waals surface area contributed by atoms with Gasteiger partial charge in [0.25, 0.3) is 5.91 Å². The van der Waals surface area contributed by atoms with E-state index in [4.69, 9.17) is 10.7 Å². The molecule has 28 heavy (non-hydrogen) atoms. The maximum atomic E-state index is 13.2. The highest BCUT2D eigenvalue weighted by Gasteiger charge is 2.56. The molecule has 0 bridgehead atoms. The van der Waals surface area contributed by atoms with E-state index in [1.165, 1.54) is 17.7 Å². The number of fused-ring (bicyclic) bond motifs is 1. The first-order chi connectivity index (χ1) is 13.3. The van der Waals surface area contributed by atoms with Gasteiger partial charge in [0.2, 0.25) is 17.8 Å². The number of likely N-dealkylation sites (N-methyl/N-ethyl adjacent to an activating group) is 1.